The molecule has 0 fully saturated rings. The molecule has 4 nitrogen and oxygen atoms in total. The number of halogens is 5. The smallest absolute Gasteiger partial charge is 0.328 e. The Labute approximate surface area is 191 Å². The van der Waals surface area contributed by atoms with Gasteiger partial charge in [-0.2, -0.15) is 0 Å². The van der Waals surface area contributed by atoms with E-state index in [0.29, 0.717) is 12.0 Å². The Hall–Kier alpha value is 1.81. The second-order valence-electron chi connectivity index (χ2n) is 3.90. The summed E-state index contributed by atoms with van der Waals surface area (Å²) in [6, 6.07) is -0.622. The zero-order chi connectivity index (χ0) is 16.3. The largest absolute Gasteiger partial charge is 0.467 e. The van der Waals surface area contributed by atoms with Gasteiger partial charge in [-0.15, -0.1) is 0 Å². The van der Waals surface area contributed by atoms with Crippen LogP contribution in [0.1, 0.15) is 23.7 Å². The van der Waals surface area contributed by atoms with Crippen molar-refractivity contribution in [2.75, 3.05) is 7.11 Å². The van der Waals surface area contributed by atoms with Gasteiger partial charge in [0.15, 0.2) is 0 Å². The number of carbonyl (C=O) groups excluding carboxylic acids is 2. The molecule has 0 saturated heterocycles. The molecule has 1 unspecified atom stereocenters. The van der Waals surface area contributed by atoms with Crippen LogP contribution in [0.25, 0.3) is 0 Å². The minimum absolute atomic E-state index is 0.242. The normalized spacial score (nSPS) is 12.0. The van der Waals surface area contributed by atoms with E-state index in [9.17, 15) is 9.59 Å². The number of ether oxygens (including phenoxy) is 1. The molecule has 1 aromatic carbocycles. The number of nitrogens with one attached hydrogen (secondary N) is 1. The third-order valence-electron chi connectivity index (χ3n) is 2.64. The van der Waals surface area contributed by atoms with Gasteiger partial charge in [-0.1, -0.05) is 6.92 Å². The van der Waals surface area contributed by atoms with Crippen molar-refractivity contribution in [1.82, 2.24) is 5.32 Å². The summed E-state index contributed by atoms with van der Waals surface area (Å²) in [6.45, 7) is 1.83. The second-order valence-corrected chi connectivity index (χ2v) is 9.30. The van der Waals surface area contributed by atoms with Gasteiger partial charge in [-0.25, -0.2) is 4.79 Å². The van der Waals surface area contributed by atoms with Crippen LogP contribution in [0, 0.1) is 17.9 Å². The SMILES string of the molecule is CCC(NC(=O)c1c(I)c(I)c(I)c(I)c1I)C(=O)OC. The van der Waals surface area contributed by atoms with Crippen LogP contribution >= 0.6 is 113 Å². The highest BCUT2D eigenvalue weighted by Crippen LogP contribution is 2.33. The van der Waals surface area contributed by atoms with Crippen molar-refractivity contribution in [3.8, 4) is 0 Å². The fraction of sp³-hybridized carbons (Fsp3) is 0.333. The average molecular weight is 851 g/mol. The Balaban J connectivity index is 3.23. The Kier molecular flexibility index (Phi) is 9.27. The van der Waals surface area contributed by atoms with E-state index in [-0.39, 0.29) is 5.91 Å². The van der Waals surface area contributed by atoms with Crippen molar-refractivity contribution < 1.29 is 14.3 Å². The van der Waals surface area contributed by atoms with E-state index >= 15 is 0 Å². The lowest BCUT2D eigenvalue weighted by Crippen LogP contribution is -2.41. The summed E-state index contributed by atoms with van der Waals surface area (Å²) >= 11 is 11.1. The van der Waals surface area contributed by atoms with Gasteiger partial charge in [0.2, 0.25) is 0 Å². The maximum Gasteiger partial charge on any atom is 0.328 e. The summed E-state index contributed by atoms with van der Waals surface area (Å²) in [7, 11) is 1.32. The van der Waals surface area contributed by atoms with E-state index < -0.39 is 12.0 Å². The zero-order valence-electron chi connectivity index (χ0n) is 10.9. The van der Waals surface area contributed by atoms with E-state index in [1.807, 2.05) is 6.92 Å². The molecule has 1 atom stereocenters. The summed E-state index contributed by atoms with van der Waals surface area (Å²) in [5, 5.41) is 2.76. The Morgan fingerprint density at radius 3 is 1.81 bits per heavy atom. The summed E-state index contributed by atoms with van der Waals surface area (Å²) in [4.78, 5) is 24.2. The van der Waals surface area contributed by atoms with Crippen LogP contribution in [-0.2, 0) is 9.53 Å². The minimum atomic E-state index is -0.622. The number of hydrogen-bond donors (Lipinski definition) is 1. The number of esters is 1. The van der Waals surface area contributed by atoms with Crippen molar-refractivity contribution in [2.45, 2.75) is 19.4 Å². The van der Waals surface area contributed by atoms with Crippen molar-refractivity contribution in [3.63, 3.8) is 0 Å². The summed E-state index contributed by atoms with van der Waals surface area (Å²) in [6.07, 6.45) is 0.490. The molecule has 1 aromatic rings. The highest BCUT2D eigenvalue weighted by atomic mass is 127. The van der Waals surface area contributed by atoms with Crippen LogP contribution in [0.4, 0.5) is 0 Å². The van der Waals surface area contributed by atoms with E-state index in [0.717, 1.165) is 17.9 Å². The molecular formula is C12H10I5NO3. The van der Waals surface area contributed by atoms with Crippen molar-refractivity contribution in [2.24, 2.45) is 0 Å². The molecule has 1 N–H and O–H groups in total. The molecule has 1 rings (SSSR count). The minimum Gasteiger partial charge on any atom is -0.467 e. The van der Waals surface area contributed by atoms with Crippen LogP contribution in [-0.4, -0.2) is 25.0 Å². The van der Waals surface area contributed by atoms with Gasteiger partial charge in [-0.05, 0) is 119 Å². The number of carbonyl (C=O) groups is 2. The van der Waals surface area contributed by atoms with Gasteiger partial charge in [0, 0.05) is 17.9 Å². The molecule has 0 aliphatic rings. The lowest BCUT2D eigenvalue weighted by Gasteiger charge is -2.17. The van der Waals surface area contributed by atoms with Crippen LogP contribution < -0.4 is 5.32 Å². The van der Waals surface area contributed by atoms with E-state index in [4.69, 9.17) is 4.74 Å². The number of benzene rings is 1. The Morgan fingerprint density at radius 2 is 1.43 bits per heavy atom. The van der Waals surface area contributed by atoms with Gasteiger partial charge in [0.05, 0.1) is 12.7 Å². The lowest BCUT2D eigenvalue weighted by atomic mass is 10.1. The number of methoxy groups -OCH3 is 1. The Bertz CT molecular complexity index is 562. The predicted molar refractivity (Wildman–Crippen MR) is 124 cm³/mol. The van der Waals surface area contributed by atoms with Gasteiger partial charge < -0.3 is 10.1 Å². The molecule has 116 valence electrons. The van der Waals surface area contributed by atoms with Crippen LogP contribution in [0.3, 0.4) is 0 Å². The van der Waals surface area contributed by atoms with Gasteiger partial charge in [0.1, 0.15) is 6.04 Å². The topological polar surface area (TPSA) is 55.4 Å². The monoisotopic (exact) mass is 851 g/mol. The first kappa shape index (κ1) is 20.9. The average Bonchev–Trinajstić information content (AvgIpc) is 2.47. The van der Waals surface area contributed by atoms with E-state index in [1.165, 1.54) is 7.11 Å². The quantitative estimate of drug-likeness (QED) is 0.212. The highest BCUT2D eigenvalue weighted by Gasteiger charge is 2.26. The standard InChI is InChI=1S/C12H10I5NO3/c1-3-4(12(20)21-2)18-11(19)5-6(13)8(15)10(17)9(16)7(5)14/h4H,3H2,1-2H3,(H,18,19). The van der Waals surface area contributed by atoms with Crippen molar-refractivity contribution in [3.05, 3.63) is 23.4 Å². The third kappa shape index (κ3) is 4.90. The summed E-state index contributed by atoms with van der Waals surface area (Å²) < 4.78 is 9.75. The molecule has 0 aromatic heterocycles. The van der Waals surface area contributed by atoms with E-state index in [1.54, 1.807) is 0 Å². The highest BCUT2D eigenvalue weighted by molar-refractivity contribution is 14.1. The van der Waals surface area contributed by atoms with Crippen molar-refractivity contribution in [1.29, 1.82) is 0 Å². The second kappa shape index (κ2) is 9.33. The number of hydrogen-bond acceptors (Lipinski definition) is 3. The van der Waals surface area contributed by atoms with Crippen LogP contribution in [0.5, 0.6) is 0 Å². The molecule has 1 amide bonds. The van der Waals surface area contributed by atoms with Gasteiger partial charge >= 0.3 is 5.97 Å². The molecule has 9 heteroatoms. The van der Waals surface area contributed by atoms with Crippen LogP contribution in [0.2, 0.25) is 0 Å². The molecule has 0 saturated carbocycles. The van der Waals surface area contributed by atoms with Crippen molar-refractivity contribution >= 4 is 125 Å². The molecule has 0 heterocycles. The van der Waals surface area contributed by atoms with E-state index in [2.05, 4.69) is 118 Å². The maximum absolute atomic E-state index is 12.6. The first-order valence-corrected chi connectivity index (χ1v) is 11.1. The maximum atomic E-state index is 12.6. The number of amides is 1. The molecular weight excluding hydrogens is 841 g/mol. The first-order valence-electron chi connectivity index (χ1n) is 5.66. The molecule has 0 bridgehead atoms. The summed E-state index contributed by atoms with van der Waals surface area (Å²) in [5.41, 5.74) is 0.618. The predicted octanol–water partition coefficient (Wildman–Crippen LogP) is 4.39. The lowest BCUT2D eigenvalue weighted by molar-refractivity contribution is -0.142. The first-order chi connectivity index (χ1) is 9.76. The van der Waals surface area contributed by atoms with Gasteiger partial charge in [-0.3, -0.25) is 4.79 Å². The van der Waals surface area contributed by atoms with Crippen LogP contribution in [0.15, 0.2) is 0 Å². The molecule has 0 radical (unpaired) electrons. The summed E-state index contributed by atoms with van der Waals surface area (Å²) in [5.74, 6) is -0.668. The molecule has 0 aliphatic heterocycles. The fourth-order valence-electron chi connectivity index (χ4n) is 1.50. The zero-order valence-corrected chi connectivity index (χ0v) is 21.7. The fourth-order valence-corrected chi connectivity index (χ4v) is 6.76. The van der Waals surface area contributed by atoms with Gasteiger partial charge in [0.25, 0.3) is 5.91 Å². The molecule has 0 spiro atoms. The number of rotatable bonds is 4. The molecule has 0 aliphatic carbocycles. The Morgan fingerprint density at radius 1 is 1.00 bits per heavy atom. The molecule has 21 heavy (non-hydrogen) atoms. The third-order valence-corrected chi connectivity index (χ3v) is 12.2.